The zero-order valence-electron chi connectivity index (χ0n) is 13.0. The number of benzene rings is 2. The molecule has 0 radical (unpaired) electrons. The first-order valence-electron chi connectivity index (χ1n) is 7.44. The fraction of sp³-hybridized carbons (Fsp3) is 0.167. The molecule has 2 aromatic rings. The molecule has 124 valence electrons. The molecule has 0 unspecified atom stereocenters. The lowest BCUT2D eigenvalue weighted by Crippen LogP contribution is -2.27. The number of phenolic OH excluding ortho intramolecular Hbond substituents is 1. The van der Waals surface area contributed by atoms with Gasteiger partial charge in [-0.1, -0.05) is 18.2 Å². The van der Waals surface area contributed by atoms with Crippen LogP contribution in [-0.2, 0) is 9.53 Å². The van der Waals surface area contributed by atoms with Crippen LogP contribution in [0.15, 0.2) is 53.9 Å². The largest absolute Gasteiger partial charge is 0.508 e. The molecular weight excluding hydrogens is 313 g/mol. The summed E-state index contributed by atoms with van der Waals surface area (Å²) in [4.78, 5) is 12.4. The maximum Gasteiger partial charge on any atom is 0.340 e. The Morgan fingerprint density at radius 2 is 2.00 bits per heavy atom. The van der Waals surface area contributed by atoms with Gasteiger partial charge >= 0.3 is 5.97 Å². The van der Waals surface area contributed by atoms with Crippen molar-refractivity contribution in [3.8, 4) is 11.5 Å². The molecule has 0 saturated carbocycles. The molecule has 6 heteroatoms. The SMILES string of the molecule is CCOC(=O)C1=C(N)Oc2cc(O)ccc2[C@H]1c1ccc(F)cc1. The molecule has 1 aliphatic heterocycles. The molecule has 0 aliphatic carbocycles. The van der Waals surface area contributed by atoms with Crippen molar-refractivity contribution in [1.82, 2.24) is 0 Å². The van der Waals surface area contributed by atoms with E-state index in [0.29, 0.717) is 16.9 Å². The van der Waals surface area contributed by atoms with E-state index in [1.54, 1.807) is 25.1 Å². The Labute approximate surface area is 138 Å². The minimum atomic E-state index is -0.594. The summed E-state index contributed by atoms with van der Waals surface area (Å²) in [6, 6.07) is 10.3. The van der Waals surface area contributed by atoms with Gasteiger partial charge in [0, 0.05) is 11.6 Å². The monoisotopic (exact) mass is 329 g/mol. The first-order valence-corrected chi connectivity index (χ1v) is 7.44. The van der Waals surface area contributed by atoms with Gasteiger partial charge in [-0.15, -0.1) is 0 Å². The summed E-state index contributed by atoms with van der Waals surface area (Å²) >= 11 is 0. The predicted octanol–water partition coefficient (Wildman–Crippen LogP) is 2.79. The molecule has 3 N–H and O–H groups in total. The first-order chi connectivity index (χ1) is 11.5. The maximum atomic E-state index is 13.3. The fourth-order valence-corrected chi connectivity index (χ4v) is 2.75. The third kappa shape index (κ3) is 2.78. The van der Waals surface area contributed by atoms with E-state index in [1.165, 1.54) is 24.3 Å². The van der Waals surface area contributed by atoms with Crippen LogP contribution in [-0.4, -0.2) is 17.7 Å². The fourth-order valence-electron chi connectivity index (χ4n) is 2.75. The van der Waals surface area contributed by atoms with Gasteiger partial charge in [-0.25, -0.2) is 9.18 Å². The van der Waals surface area contributed by atoms with E-state index in [0.717, 1.165) is 0 Å². The van der Waals surface area contributed by atoms with E-state index in [2.05, 4.69) is 0 Å². The van der Waals surface area contributed by atoms with Crippen LogP contribution in [0.25, 0.3) is 0 Å². The first kappa shape index (κ1) is 15.9. The van der Waals surface area contributed by atoms with Crippen LogP contribution in [0.1, 0.15) is 24.0 Å². The van der Waals surface area contributed by atoms with Gasteiger partial charge in [0.05, 0.1) is 12.5 Å². The van der Waals surface area contributed by atoms with Gasteiger partial charge in [-0.2, -0.15) is 0 Å². The van der Waals surface area contributed by atoms with E-state index < -0.39 is 11.9 Å². The highest BCUT2D eigenvalue weighted by Gasteiger charge is 2.35. The van der Waals surface area contributed by atoms with Crippen molar-refractivity contribution in [2.75, 3.05) is 6.61 Å². The molecule has 3 rings (SSSR count). The van der Waals surface area contributed by atoms with Gasteiger partial charge in [-0.3, -0.25) is 0 Å². The molecule has 2 aromatic carbocycles. The van der Waals surface area contributed by atoms with E-state index in [-0.39, 0.29) is 29.6 Å². The molecule has 0 spiro atoms. The zero-order valence-corrected chi connectivity index (χ0v) is 13.0. The van der Waals surface area contributed by atoms with Gasteiger partial charge in [-0.05, 0) is 30.7 Å². The van der Waals surface area contributed by atoms with Crippen molar-refractivity contribution in [2.24, 2.45) is 5.73 Å². The quantitative estimate of drug-likeness (QED) is 0.846. The lowest BCUT2D eigenvalue weighted by Gasteiger charge is -2.28. The van der Waals surface area contributed by atoms with Crippen molar-refractivity contribution in [1.29, 1.82) is 0 Å². The van der Waals surface area contributed by atoms with Crippen LogP contribution in [0.4, 0.5) is 4.39 Å². The lowest BCUT2D eigenvalue weighted by atomic mass is 9.83. The number of carbonyl (C=O) groups excluding carboxylic acids is 1. The number of rotatable bonds is 3. The van der Waals surface area contributed by atoms with Gasteiger partial charge in [0.15, 0.2) is 0 Å². The molecule has 0 fully saturated rings. The molecule has 1 atom stereocenters. The third-order valence-electron chi connectivity index (χ3n) is 3.78. The number of esters is 1. The Morgan fingerprint density at radius 1 is 1.29 bits per heavy atom. The Bertz CT molecular complexity index is 814. The van der Waals surface area contributed by atoms with E-state index in [1.807, 2.05) is 0 Å². The third-order valence-corrected chi connectivity index (χ3v) is 3.78. The molecule has 0 saturated heterocycles. The average Bonchev–Trinajstić information content (AvgIpc) is 2.54. The highest BCUT2D eigenvalue weighted by molar-refractivity contribution is 5.92. The molecule has 0 aromatic heterocycles. The molecular formula is C18H16FNO4. The Kier molecular flexibility index (Phi) is 4.12. The highest BCUT2D eigenvalue weighted by atomic mass is 19.1. The number of nitrogens with two attached hydrogens (primary N) is 1. The Hall–Kier alpha value is -3.02. The standard InChI is InChI=1S/C18H16FNO4/c1-2-23-18(22)16-15(10-3-5-11(19)6-4-10)13-8-7-12(21)9-14(13)24-17(16)20/h3-9,15,21H,2,20H2,1H3/t15-/m1/s1. The number of aromatic hydroxyl groups is 1. The number of fused-ring (bicyclic) bond motifs is 1. The second-order valence-electron chi connectivity index (χ2n) is 5.31. The summed E-state index contributed by atoms with van der Waals surface area (Å²) in [5.41, 5.74) is 7.39. The molecule has 1 heterocycles. The molecule has 1 aliphatic rings. The summed E-state index contributed by atoms with van der Waals surface area (Å²) in [6.07, 6.45) is 0. The normalized spacial score (nSPS) is 16.3. The number of hydrogen-bond acceptors (Lipinski definition) is 5. The Morgan fingerprint density at radius 3 is 2.67 bits per heavy atom. The second-order valence-corrected chi connectivity index (χ2v) is 5.31. The summed E-state index contributed by atoms with van der Waals surface area (Å²) in [5, 5.41) is 9.65. The van der Waals surface area contributed by atoms with Gasteiger partial charge in [0.25, 0.3) is 0 Å². The zero-order chi connectivity index (χ0) is 17.3. The van der Waals surface area contributed by atoms with Gasteiger partial charge in [0.1, 0.15) is 22.9 Å². The van der Waals surface area contributed by atoms with Crippen molar-refractivity contribution < 1.29 is 23.8 Å². The van der Waals surface area contributed by atoms with Crippen LogP contribution in [0.5, 0.6) is 11.5 Å². The number of hydrogen-bond donors (Lipinski definition) is 2. The van der Waals surface area contributed by atoms with Crippen molar-refractivity contribution >= 4 is 5.97 Å². The number of ether oxygens (including phenoxy) is 2. The molecule has 0 bridgehead atoms. The van der Waals surface area contributed by atoms with Gasteiger partial charge in [0.2, 0.25) is 5.88 Å². The predicted molar refractivity (Wildman–Crippen MR) is 84.8 cm³/mol. The topological polar surface area (TPSA) is 81.8 Å². The number of phenols is 1. The summed E-state index contributed by atoms with van der Waals surface area (Å²) in [7, 11) is 0. The van der Waals surface area contributed by atoms with Crippen molar-refractivity contribution in [3.05, 3.63) is 70.9 Å². The lowest BCUT2D eigenvalue weighted by molar-refractivity contribution is -0.139. The number of halogens is 1. The average molecular weight is 329 g/mol. The van der Waals surface area contributed by atoms with Gasteiger partial charge < -0.3 is 20.3 Å². The van der Waals surface area contributed by atoms with Crippen LogP contribution in [0.2, 0.25) is 0 Å². The number of carbonyl (C=O) groups is 1. The summed E-state index contributed by atoms with van der Waals surface area (Å²) in [5.74, 6) is -1.29. The molecule has 0 amide bonds. The summed E-state index contributed by atoms with van der Waals surface area (Å²) < 4.78 is 23.8. The smallest absolute Gasteiger partial charge is 0.340 e. The molecule has 5 nitrogen and oxygen atoms in total. The van der Waals surface area contributed by atoms with E-state index in [4.69, 9.17) is 15.2 Å². The molecule has 24 heavy (non-hydrogen) atoms. The highest BCUT2D eigenvalue weighted by Crippen LogP contribution is 2.43. The van der Waals surface area contributed by atoms with Crippen molar-refractivity contribution in [2.45, 2.75) is 12.8 Å². The van der Waals surface area contributed by atoms with Crippen molar-refractivity contribution in [3.63, 3.8) is 0 Å². The van der Waals surface area contributed by atoms with Crippen LogP contribution in [0.3, 0.4) is 0 Å². The maximum absolute atomic E-state index is 13.3. The van der Waals surface area contributed by atoms with E-state index in [9.17, 15) is 14.3 Å². The second kappa shape index (κ2) is 6.23. The van der Waals surface area contributed by atoms with Crippen LogP contribution in [0, 0.1) is 5.82 Å². The van der Waals surface area contributed by atoms with Crippen LogP contribution >= 0.6 is 0 Å². The van der Waals surface area contributed by atoms with Crippen LogP contribution < -0.4 is 10.5 Å². The minimum Gasteiger partial charge on any atom is -0.508 e. The summed E-state index contributed by atoms with van der Waals surface area (Å²) in [6.45, 7) is 1.88. The van der Waals surface area contributed by atoms with E-state index >= 15 is 0 Å². The minimum absolute atomic E-state index is 0.0130. The Balaban J connectivity index is 2.18.